The number of nitrogens with zero attached hydrogens (tertiary/aromatic N) is 3. The van der Waals surface area contributed by atoms with Gasteiger partial charge in [-0.15, -0.1) is 5.10 Å². The number of benzene rings is 1. The van der Waals surface area contributed by atoms with Crippen LogP contribution in [-0.2, 0) is 6.42 Å². The van der Waals surface area contributed by atoms with Gasteiger partial charge in [0.2, 0.25) is 0 Å². The first-order chi connectivity index (χ1) is 13.1. The zero-order chi connectivity index (χ0) is 19.5. The Balaban J connectivity index is 2.10. The summed E-state index contributed by atoms with van der Waals surface area (Å²) in [5.41, 5.74) is 3.15. The number of carbonyl (C=O) groups is 1. The summed E-state index contributed by atoms with van der Waals surface area (Å²) in [5, 5.41) is 17.7. The maximum Gasteiger partial charge on any atom is 0.404 e. The van der Waals surface area contributed by atoms with E-state index in [1.807, 2.05) is 5.38 Å². The van der Waals surface area contributed by atoms with Crippen molar-refractivity contribution >= 4 is 17.6 Å². The van der Waals surface area contributed by atoms with Crippen LogP contribution in [0.4, 0.5) is 4.79 Å². The average molecular weight is 391 g/mol. The summed E-state index contributed by atoms with van der Waals surface area (Å²) < 4.78 is 3.91. The molecule has 6 nitrogen and oxygen atoms in total. The predicted octanol–water partition coefficient (Wildman–Crippen LogP) is 4.29. The Bertz CT molecular complexity index is 653. The number of carboxylic acid groups (broad SMARTS) is 1. The highest BCUT2D eigenvalue weighted by molar-refractivity contribution is 7.03. The van der Waals surface area contributed by atoms with E-state index in [2.05, 4.69) is 57.9 Å². The summed E-state index contributed by atoms with van der Waals surface area (Å²) in [7, 11) is 0. The summed E-state index contributed by atoms with van der Waals surface area (Å²) >= 11 is 1.35. The number of aromatic nitrogens is 2. The summed E-state index contributed by atoms with van der Waals surface area (Å²) in [6, 6.07) is 8.51. The molecule has 1 aromatic heterocycles. The Labute approximate surface area is 165 Å². The number of nitrogens with one attached hydrogen (secondary N) is 1. The molecule has 0 aliphatic rings. The molecule has 1 atom stereocenters. The van der Waals surface area contributed by atoms with E-state index in [1.165, 1.54) is 17.1 Å². The molecule has 0 aliphatic heterocycles. The molecule has 0 aliphatic carbocycles. The topological polar surface area (TPSA) is 78.4 Å². The van der Waals surface area contributed by atoms with E-state index in [-0.39, 0.29) is 6.04 Å². The van der Waals surface area contributed by atoms with Crippen LogP contribution in [0.5, 0.6) is 0 Å². The van der Waals surface area contributed by atoms with Crippen molar-refractivity contribution in [2.75, 3.05) is 19.6 Å². The second-order valence-corrected chi connectivity index (χ2v) is 7.38. The molecule has 1 unspecified atom stereocenters. The molecule has 0 fully saturated rings. The lowest BCUT2D eigenvalue weighted by atomic mass is 10.0. The Hall–Kier alpha value is -1.99. The Morgan fingerprint density at radius 3 is 2.37 bits per heavy atom. The summed E-state index contributed by atoms with van der Waals surface area (Å²) in [5.74, 6) is 0. The molecular formula is C20H30N4O2S. The van der Waals surface area contributed by atoms with Gasteiger partial charge in [-0.25, -0.2) is 4.79 Å². The minimum Gasteiger partial charge on any atom is -0.465 e. The lowest BCUT2D eigenvalue weighted by molar-refractivity contribution is 0.168. The maximum atomic E-state index is 11.0. The molecule has 2 aromatic rings. The first-order valence-corrected chi connectivity index (χ1v) is 10.5. The average Bonchev–Trinajstić information content (AvgIpc) is 3.21. The SMILES string of the molecule is CCCCN(CCCC)C(CNC(=O)O)Cc1ccc(-c2csnn2)cc1. The molecule has 0 radical (unpaired) electrons. The van der Waals surface area contributed by atoms with Gasteiger partial charge in [0.25, 0.3) is 0 Å². The first kappa shape index (κ1) is 21.3. The van der Waals surface area contributed by atoms with Crippen LogP contribution in [0.25, 0.3) is 11.3 Å². The number of amides is 1. The smallest absolute Gasteiger partial charge is 0.404 e. The summed E-state index contributed by atoms with van der Waals surface area (Å²) in [6.07, 6.45) is 4.39. The van der Waals surface area contributed by atoms with Gasteiger partial charge in [0.15, 0.2) is 0 Å². The second kappa shape index (κ2) is 11.7. The highest BCUT2D eigenvalue weighted by Gasteiger charge is 2.19. The van der Waals surface area contributed by atoms with Gasteiger partial charge in [0, 0.05) is 23.5 Å². The molecule has 0 saturated heterocycles. The van der Waals surface area contributed by atoms with Crippen LogP contribution in [0.3, 0.4) is 0 Å². The molecule has 1 aromatic carbocycles. The molecule has 1 heterocycles. The quantitative estimate of drug-likeness (QED) is 0.565. The van der Waals surface area contributed by atoms with Crippen LogP contribution < -0.4 is 5.32 Å². The van der Waals surface area contributed by atoms with Crippen LogP contribution >= 0.6 is 11.5 Å². The Morgan fingerprint density at radius 2 is 1.85 bits per heavy atom. The first-order valence-electron chi connectivity index (χ1n) is 9.71. The van der Waals surface area contributed by atoms with E-state index in [0.717, 1.165) is 56.5 Å². The van der Waals surface area contributed by atoms with Crippen molar-refractivity contribution < 1.29 is 9.90 Å². The lowest BCUT2D eigenvalue weighted by Gasteiger charge is -2.32. The summed E-state index contributed by atoms with van der Waals surface area (Å²) in [6.45, 7) is 6.83. The van der Waals surface area contributed by atoms with Crippen molar-refractivity contribution in [3.8, 4) is 11.3 Å². The highest BCUT2D eigenvalue weighted by atomic mass is 32.1. The summed E-state index contributed by atoms with van der Waals surface area (Å²) in [4.78, 5) is 13.5. The van der Waals surface area contributed by atoms with Crippen molar-refractivity contribution in [3.63, 3.8) is 0 Å². The number of rotatable bonds is 12. The van der Waals surface area contributed by atoms with Crippen molar-refractivity contribution in [3.05, 3.63) is 35.2 Å². The molecule has 0 spiro atoms. The van der Waals surface area contributed by atoms with Gasteiger partial charge in [-0.2, -0.15) is 0 Å². The van der Waals surface area contributed by atoms with Crippen LogP contribution in [0, 0.1) is 0 Å². The van der Waals surface area contributed by atoms with Gasteiger partial charge in [-0.1, -0.05) is 55.4 Å². The van der Waals surface area contributed by atoms with Crippen molar-refractivity contribution in [2.24, 2.45) is 0 Å². The fraction of sp³-hybridized carbons (Fsp3) is 0.550. The number of hydrogen-bond donors (Lipinski definition) is 2. The third kappa shape index (κ3) is 7.27. The van der Waals surface area contributed by atoms with E-state index in [4.69, 9.17) is 5.11 Å². The molecule has 27 heavy (non-hydrogen) atoms. The van der Waals surface area contributed by atoms with E-state index < -0.39 is 6.09 Å². The van der Waals surface area contributed by atoms with Crippen LogP contribution in [0.2, 0.25) is 0 Å². The van der Waals surface area contributed by atoms with E-state index >= 15 is 0 Å². The van der Waals surface area contributed by atoms with E-state index in [1.54, 1.807) is 0 Å². The third-order valence-corrected chi connectivity index (χ3v) is 5.19. The number of unbranched alkanes of at least 4 members (excludes halogenated alkanes) is 2. The van der Waals surface area contributed by atoms with Gasteiger partial charge >= 0.3 is 6.09 Å². The molecule has 2 N–H and O–H groups in total. The largest absolute Gasteiger partial charge is 0.465 e. The molecule has 7 heteroatoms. The van der Waals surface area contributed by atoms with Gasteiger partial charge in [0.05, 0.1) is 0 Å². The standard InChI is InChI=1S/C20H30N4O2S/c1-3-5-11-24(12-6-4-2)18(14-21-20(25)26)13-16-7-9-17(10-8-16)19-15-27-23-22-19/h7-10,15,18,21H,3-6,11-14H2,1-2H3,(H,25,26). The van der Waals surface area contributed by atoms with Crippen LogP contribution in [-0.4, -0.2) is 51.4 Å². The molecule has 1 amide bonds. The molecule has 0 saturated carbocycles. The van der Waals surface area contributed by atoms with Crippen LogP contribution in [0.15, 0.2) is 29.6 Å². The molecule has 0 bridgehead atoms. The zero-order valence-electron chi connectivity index (χ0n) is 16.2. The van der Waals surface area contributed by atoms with E-state index in [9.17, 15) is 4.79 Å². The molecule has 2 rings (SSSR count). The van der Waals surface area contributed by atoms with Gasteiger partial charge in [-0.05, 0) is 49.4 Å². The van der Waals surface area contributed by atoms with Gasteiger partial charge < -0.3 is 10.4 Å². The third-order valence-electron chi connectivity index (χ3n) is 4.68. The Kier molecular flexibility index (Phi) is 9.21. The van der Waals surface area contributed by atoms with Crippen molar-refractivity contribution in [1.29, 1.82) is 0 Å². The Morgan fingerprint density at radius 1 is 1.19 bits per heavy atom. The van der Waals surface area contributed by atoms with Gasteiger partial charge in [-0.3, -0.25) is 4.90 Å². The number of hydrogen-bond acceptors (Lipinski definition) is 5. The molecular weight excluding hydrogens is 360 g/mol. The lowest BCUT2D eigenvalue weighted by Crippen LogP contribution is -2.45. The van der Waals surface area contributed by atoms with Crippen molar-refractivity contribution in [2.45, 2.75) is 52.0 Å². The monoisotopic (exact) mass is 390 g/mol. The van der Waals surface area contributed by atoms with E-state index in [0.29, 0.717) is 6.54 Å². The van der Waals surface area contributed by atoms with Gasteiger partial charge in [0.1, 0.15) is 5.69 Å². The highest BCUT2D eigenvalue weighted by Crippen LogP contribution is 2.19. The van der Waals surface area contributed by atoms with Crippen LogP contribution in [0.1, 0.15) is 45.1 Å². The fourth-order valence-electron chi connectivity index (χ4n) is 3.11. The zero-order valence-corrected chi connectivity index (χ0v) is 17.0. The normalized spacial score (nSPS) is 12.3. The predicted molar refractivity (Wildman–Crippen MR) is 110 cm³/mol. The minimum atomic E-state index is -0.961. The molecule has 148 valence electrons. The fourth-order valence-corrected chi connectivity index (χ4v) is 3.57. The minimum absolute atomic E-state index is 0.158. The maximum absolute atomic E-state index is 11.0. The van der Waals surface area contributed by atoms with Crippen molar-refractivity contribution in [1.82, 2.24) is 19.8 Å². The second-order valence-electron chi connectivity index (χ2n) is 6.77.